The minimum atomic E-state index is -1.83. The molecule has 0 amide bonds. The van der Waals surface area contributed by atoms with Gasteiger partial charge in [0.25, 0.3) is 0 Å². The Morgan fingerprint density at radius 1 is 1.18 bits per heavy atom. The zero-order valence-corrected chi connectivity index (χ0v) is 8.50. The fraction of sp³-hybridized carbons (Fsp3) is 0.333. The van der Waals surface area contributed by atoms with Crippen molar-refractivity contribution in [3.05, 3.63) is 12.2 Å². The van der Waals surface area contributed by atoms with E-state index in [1.54, 1.807) is 0 Å². The van der Waals surface area contributed by atoms with Gasteiger partial charge in [0, 0.05) is 0 Å². The number of cyclic esters (lactones) is 1. The summed E-state index contributed by atoms with van der Waals surface area (Å²) in [4.78, 5) is 51.9. The van der Waals surface area contributed by atoms with Crippen molar-refractivity contribution in [2.75, 3.05) is 0 Å². The molecule has 1 aliphatic heterocycles. The molecule has 1 unspecified atom stereocenters. The van der Waals surface area contributed by atoms with Gasteiger partial charge in [0.2, 0.25) is 6.10 Å². The van der Waals surface area contributed by atoms with Gasteiger partial charge in [-0.2, -0.15) is 0 Å². The first-order valence-electron chi connectivity index (χ1n) is 4.44. The highest BCUT2D eigenvalue weighted by Gasteiger charge is 2.34. The number of esters is 1. The zero-order valence-electron chi connectivity index (χ0n) is 8.50. The monoisotopic (exact) mass is 244 g/mol. The third-order valence-electron chi connectivity index (χ3n) is 1.80. The van der Waals surface area contributed by atoms with E-state index in [-0.39, 0.29) is 12.8 Å². The number of carboxylic acid groups (broad SMARTS) is 1. The standard InChI is InChI=1S/C9H8O8/c1-4(8(12)13)7-9(14)17-16-6(11)3-2-5(10)15-7/h7H,1-3H2,(H,12,13). The van der Waals surface area contributed by atoms with E-state index < -0.39 is 35.6 Å². The smallest absolute Gasteiger partial charge is 0.400 e. The van der Waals surface area contributed by atoms with Gasteiger partial charge in [-0.3, -0.25) is 4.79 Å². The van der Waals surface area contributed by atoms with Gasteiger partial charge in [-0.1, -0.05) is 6.58 Å². The SMILES string of the molecule is C=C(C(=O)O)C1OC(=O)CCC(=O)OOC1=O. The Morgan fingerprint density at radius 2 is 1.76 bits per heavy atom. The van der Waals surface area contributed by atoms with Crippen molar-refractivity contribution in [1.82, 2.24) is 0 Å². The molecule has 1 heterocycles. The van der Waals surface area contributed by atoms with Crippen LogP contribution in [0, 0.1) is 0 Å². The van der Waals surface area contributed by atoms with Crippen molar-refractivity contribution in [3.63, 3.8) is 0 Å². The highest BCUT2D eigenvalue weighted by Crippen LogP contribution is 2.12. The molecule has 1 rings (SSSR count). The average Bonchev–Trinajstić information content (AvgIpc) is 2.33. The van der Waals surface area contributed by atoms with Crippen LogP contribution in [-0.4, -0.2) is 35.1 Å². The van der Waals surface area contributed by atoms with Crippen LogP contribution in [0.25, 0.3) is 0 Å². The second-order valence-electron chi connectivity index (χ2n) is 3.06. The van der Waals surface area contributed by atoms with Gasteiger partial charge < -0.3 is 9.84 Å². The van der Waals surface area contributed by atoms with E-state index in [0.717, 1.165) is 0 Å². The molecule has 92 valence electrons. The van der Waals surface area contributed by atoms with Crippen LogP contribution in [0.4, 0.5) is 0 Å². The predicted octanol–water partition coefficient (Wildman–Crippen LogP) is -0.666. The number of hydrogen-bond donors (Lipinski definition) is 1. The molecule has 8 nitrogen and oxygen atoms in total. The number of carbonyl (C=O) groups is 4. The van der Waals surface area contributed by atoms with Gasteiger partial charge in [0.05, 0.1) is 18.4 Å². The highest BCUT2D eigenvalue weighted by atomic mass is 17.2. The third-order valence-corrected chi connectivity index (χ3v) is 1.80. The summed E-state index contributed by atoms with van der Waals surface area (Å²) in [5.41, 5.74) is -0.693. The fourth-order valence-electron chi connectivity index (χ4n) is 0.941. The van der Waals surface area contributed by atoms with E-state index in [1.165, 1.54) is 0 Å². The molecule has 0 bridgehead atoms. The summed E-state index contributed by atoms with van der Waals surface area (Å²) in [7, 11) is 0. The van der Waals surface area contributed by atoms with Crippen LogP contribution in [0.3, 0.4) is 0 Å². The first-order valence-corrected chi connectivity index (χ1v) is 4.44. The summed E-state index contributed by atoms with van der Waals surface area (Å²) in [6, 6.07) is 0. The third kappa shape index (κ3) is 3.30. The van der Waals surface area contributed by atoms with Crippen molar-refractivity contribution in [3.8, 4) is 0 Å². The molecule has 0 radical (unpaired) electrons. The molecule has 1 aliphatic rings. The highest BCUT2D eigenvalue weighted by molar-refractivity contribution is 5.96. The fourth-order valence-corrected chi connectivity index (χ4v) is 0.941. The van der Waals surface area contributed by atoms with Gasteiger partial charge in [-0.15, -0.1) is 0 Å². The average molecular weight is 244 g/mol. The molecule has 0 spiro atoms. The maximum Gasteiger partial charge on any atom is 0.400 e. The molecule has 8 heteroatoms. The van der Waals surface area contributed by atoms with Gasteiger partial charge in [0.1, 0.15) is 0 Å². The van der Waals surface area contributed by atoms with Gasteiger partial charge in [-0.25, -0.2) is 24.2 Å². The summed E-state index contributed by atoms with van der Waals surface area (Å²) in [5, 5.41) is 8.62. The van der Waals surface area contributed by atoms with E-state index in [4.69, 9.17) is 5.11 Å². The quantitative estimate of drug-likeness (QED) is 0.386. The number of aliphatic carboxylic acids is 1. The summed E-state index contributed by atoms with van der Waals surface area (Å²) in [6.45, 7) is 3.07. The maximum absolute atomic E-state index is 11.3. The molecule has 1 N–H and O–H groups in total. The molecule has 0 aromatic heterocycles. The van der Waals surface area contributed by atoms with Crippen LogP contribution >= 0.6 is 0 Å². The molecule has 0 aliphatic carbocycles. The summed E-state index contributed by atoms with van der Waals surface area (Å²) >= 11 is 0. The van der Waals surface area contributed by atoms with Crippen LogP contribution < -0.4 is 0 Å². The maximum atomic E-state index is 11.3. The van der Waals surface area contributed by atoms with Crippen LogP contribution in [0.15, 0.2) is 12.2 Å². The molecule has 1 fully saturated rings. The Morgan fingerprint density at radius 3 is 2.35 bits per heavy atom. The molecule has 17 heavy (non-hydrogen) atoms. The number of hydrogen-bond acceptors (Lipinski definition) is 7. The van der Waals surface area contributed by atoms with Crippen LogP contribution in [0.1, 0.15) is 12.8 Å². The van der Waals surface area contributed by atoms with E-state index in [9.17, 15) is 19.2 Å². The molecule has 0 aromatic carbocycles. The molecular formula is C9H8O8. The number of rotatable bonds is 2. The minimum absolute atomic E-state index is 0.335. The minimum Gasteiger partial charge on any atom is -0.478 e. The number of carboxylic acids is 1. The Bertz CT molecular complexity index is 396. The molecule has 1 atom stereocenters. The predicted molar refractivity (Wildman–Crippen MR) is 48.1 cm³/mol. The summed E-state index contributed by atoms with van der Waals surface area (Å²) in [5.74, 6) is -4.73. The van der Waals surface area contributed by atoms with Gasteiger partial charge in [0.15, 0.2) is 0 Å². The van der Waals surface area contributed by atoms with Crippen LogP contribution in [0.5, 0.6) is 0 Å². The lowest BCUT2D eigenvalue weighted by molar-refractivity contribution is -0.262. The van der Waals surface area contributed by atoms with E-state index >= 15 is 0 Å². The first-order chi connectivity index (χ1) is 7.91. The van der Waals surface area contributed by atoms with Crippen LogP contribution in [0.2, 0.25) is 0 Å². The summed E-state index contributed by atoms with van der Waals surface area (Å²) in [6.07, 6.45) is -2.51. The topological polar surface area (TPSA) is 116 Å². The first kappa shape index (κ1) is 12.7. The normalized spacial score (nSPS) is 21.2. The number of carbonyl (C=O) groups excluding carboxylic acids is 3. The Balaban J connectivity index is 2.89. The lowest BCUT2D eigenvalue weighted by Gasteiger charge is -2.13. The summed E-state index contributed by atoms with van der Waals surface area (Å²) < 4.78 is 4.53. The van der Waals surface area contributed by atoms with Crippen molar-refractivity contribution in [2.45, 2.75) is 18.9 Å². The molecular weight excluding hydrogens is 236 g/mol. The Labute approximate surface area is 94.7 Å². The molecule has 1 saturated heterocycles. The van der Waals surface area contributed by atoms with Gasteiger partial charge in [-0.05, 0) is 0 Å². The number of ether oxygens (including phenoxy) is 1. The second kappa shape index (κ2) is 5.10. The van der Waals surface area contributed by atoms with E-state index in [2.05, 4.69) is 21.1 Å². The lowest BCUT2D eigenvalue weighted by atomic mass is 10.1. The molecule has 0 saturated carbocycles. The largest absolute Gasteiger partial charge is 0.478 e. The Hall–Kier alpha value is -2.38. The lowest BCUT2D eigenvalue weighted by Crippen LogP contribution is -2.32. The molecule has 0 aromatic rings. The van der Waals surface area contributed by atoms with E-state index in [1.807, 2.05) is 0 Å². The van der Waals surface area contributed by atoms with Crippen molar-refractivity contribution in [1.29, 1.82) is 0 Å². The van der Waals surface area contributed by atoms with Crippen molar-refractivity contribution >= 4 is 23.9 Å². The van der Waals surface area contributed by atoms with Crippen molar-refractivity contribution < 1.29 is 38.8 Å². The van der Waals surface area contributed by atoms with Gasteiger partial charge >= 0.3 is 23.9 Å². The van der Waals surface area contributed by atoms with Crippen LogP contribution in [-0.2, 0) is 33.7 Å². The zero-order chi connectivity index (χ0) is 13.0. The van der Waals surface area contributed by atoms with Crippen molar-refractivity contribution in [2.24, 2.45) is 0 Å². The second-order valence-corrected chi connectivity index (χ2v) is 3.06. The Kier molecular flexibility index (Phi) is 3.81. The van der Waals surface area contributed by atoms with E-state index in [0.29, 0.717) is 0 Å².